The highest BCUT2D eigenvalue weighted by atomic mass is 32.2. The summed E-state index contributed by atoms with van der Waals surface area (Å²) < 4.78 is 25.5. The zero-order valence-electron chi connectivity index (χ0n) is 7.23. The van der Waals surface area contributed by atoms with Crippen molar-refractivity contribution < 1.29 is 13.2 Å². The summed E-state index contributed by atoms with van der Waals surface area (Å²) in [6, 6.07) is -0.595. The van der Waals surface area contributed by atoms with Crippen LogP contribution in [-0.2, 0) is 15.0 Å². The number of nitrogens with one attached hydrogen (secondary N) is 1. The third kappa shape index (κ3) is 1.97. The number of carbonyl (C=O) groups is 1. The van der Waals surface area contributed by atoms with Crippen molar-refractivity contribution >= 4 is 28.7 Å². The summed E-state index contributed by atoms with van der Waals surface area (Å²) in [4.78, 5) is 11.4. The quantitative estimate of drug-likeness (QED) is 0.648. The second kappa shape index (κ2) is 3.85. The fourth-order valence-corrected chi connectivity index (χ4v) is 3.02. The van der Waals surface area contributed by atoms with Gasteiger partial charge in [-0.25, -0.2) is 4.31 Å². The lowest BCUT2D eigenvalue weighted by Gasteiger charge is -2.08. The fourth-order valence-electron chi connectivity index (χ4n) is 1.20. The highest BCUT2D eigenvalue weighted by Gasteiger charge is 2.41. The number of nitrogens with zero attached hydrogens (tertiary/aromatic N) is 1. The van der Waals surface area contributed by atoms with Crippen molar-refractivity contribution in [3.63, 3.8) is 0 Å². The lowest BCUT2D eigenvalue weighted by Crippen LogP contribution is -2.30. The van der Waals surface area contributed by atoms with E-state index in [1.807, 2.05) is 6.92 Å². The van der Waals surface area contributed by atoms with Crippen LogP contribution < -0.4 is 4.72 Å². The van der Waals surface area contributed by atoms with E-state index in [0.717, 1.165) is 10.7 Å². The maximum absolute atomic E-state index is 11.4. The van der Waals surface area contributed by atoms with Gasteiger partial charge in [0.15, 0.2) is 0 Å². The first-order valence-electron chi connectivity index (χ1n) is 3.97. The Bertz CT molecular complexity index is 301. The molecule has 1 saturated heterocycles. The van der Waals surface area contributed by atoms with Gasteiger partial charge in [-0.3, -0.25) is 4.79 Å². The van der Waals surface area contributed by atoms with Gasteiger partial charge in [-0.05, 0) is 6.42 Å². The van der Waals surface area contributed by atoms with Crippen LogP contribution in [0.5, 0.6) is 0 Å². The average molecular weight is 224 g/mol. The lowest BCUT2D eigenvalue weighted by molar-refractivity contribution is -0.126. The Morgan fingerprint density at radius 3 is 2.62 bits per heavy atom. The normalized spacial score (nSPS) is 26.8. The largest absolute Gasteiger partial charge is 0.305 e. The first-order valence-corrected chi connectivity index (χ1v) is 6.05. The summed E-state index contributed by atoms with van der Waals surface area (Å²) in [6.45, 7) is 1.89. The molecule has 1 atom stereocenters. The van der Waals surface area contributed by atoms with Crippen LogP contribution in [0.25, 0.3) is 0 Å². The van der Waals surface area contributed by atoms with Gasteiger partial charge >= 0.3 is 10.2 Å². The molecule has 1 fully saturated rings. The highest BCUT2D eigenvalue weighted by Crippen LogP contribution is 2.15. The standard InChI is InChI=1S/C6H12N2O3S2/c1-2-3-5-6(9)8(4-12)13(10,11)7-5/h5,7,12H,2-4H2,1H3. The van der Waals surface area contributed by atoms with E-state index in [4.69, 9.17) is 0 Å². The van der Waals surface area contributed by atoms with Crippen LogP contribution in [0, 0.1) is 0 Å². The van der Waals surface area contributed by atoms with Gasteiger partial charge in [0.25, 0.3) is 5.91 Å². The summed E-state index contributed by atoms with van der Waals surface area (Å²) in [7, 11) is -3.60. The second-order valence-corrected chi connectivity index (χ2v) is 4.70. The van der Waals surface area contributed by atoms with Gasteiger partial charge in [-0.2, -0.15) is 25.8 Å². The predicted octanol–water partition coefficient (Wildman–Crippen LogP) is -0.281. The monoisotopic (exact) mass is 224 g/mol. The molecule has 5 nitrogen and oxygen atoms in total. The molecule has 0 aromatic carbocycles. The van der Waals surface area contributed by atoms with Crippen molar-refractivity contribution in [2.75, 3.05) is 5.88 Å². The minimum atomic E-state index is -3.60. The highest BCUT2D eigenvalue weighted by molar-refractivity contribution is 7.89. The smallest absolute Gasteiger partial charge is 0.272 e. The van der Waals surface area contributed by atoms with Crippen LogP contribution in [0.3, 0.4) is 0 Å². The predicted molar refractivity (Wildman–Crippen MR) is 51.5 cm³/mol. The molecule has 0 saturated carbocycles. The molecule has 0 radical (unpaired) electrons. The van der Waals surface area contributed by atoms with Gasteiger partial charge in [-0.15, -0.1) is 0 Å². The van der Waals surface area contributed by atoms with E-state index >= 15 is 0 Å². The third-order valence-corrected chi connectivity index (χ3v) is 3.78. The molecule has 1 aliphatic rings. The molecule has 0 spiro atoms. The maximum Gasteiger partial charge on any atom is 0.305 e. The zero-order chi connectivity index (χ0) is 10.1. The van der Waals surface area contributed by atoms with Gasteiger partial charge in [0.2, 0.25) is 0 Å². The summed E-state index contributed by atoms with van der Waals surface area (Å²) in [5, 5.41) is 0. The molecule has 1 heterocycles. The topological polar surface area (TPSA) is 66.5 Å². The molecular formula is C6H12N2O3S2. The molecule has 0 bridgehead atoms. The van der Waals surface area contributed by atoms with Crippen molar-refractivity contribution in [3.05, 3.63) is 0 Å². The summed E-state index contributed by atoms with van der Waals surface area (Å²) >= 11 is 3.78. The first kappa shape index (κ1) is 10.8. The van der Waals surface area contributed by atoms with Crippen LogP contribution in [0.2, 0.25) is 0 Å². The molecule has 7 heteroatoms. The molecule has 0 aromatic heterocycles. The van der Waals surface area contributed by atoms with Crippen LogP contribution in [0.1, 0.15) is 19.8 Å². The van der Waals surface area contributed by atoms with E-state index in [2.05, 4.69) is 17.4 Å². The van der Waals surface area contributed by atoms with Gasteiger partial charge in [-0.1, -0.05) is 13.3 Å². The zero-order valence-corrected chi connectivity index (χ0v) is 8.94. The Labute approximate surface area is 83.1 Å². The molecule has 0 aromatic rings. The Morgan fingerprint density at radius 2 is 2.23 bits per heavy atom. The Balaban J connectivity index is 2.85. The summed E-state index contributed by atoms with van der Waals surface area (Å²) in [5.74, 6) is -0.508. The summed E-state index contributed by atoms with van der Waals surface area (Å²) in [6.07, 6.45) is 1.29. The number of thiol groups is 1. The molecule has 1 amide bonds. The minimum Gasteiger partial charge on any atom is -0.272 e. The van der Waals surface area contributed by atoms with Gasteiger partial charge in [0, 0.05) is 0 Å². The number of hydrogen-bond donors (Lipinski definition) is 2. The van der Waals surface area contributed by atoms with E-state index in [1.54, 1.807) is 0 Å². The molecule has 1 rings (SSSR count). The Hall–Kier alpha value is -0.270. The van der Waals surface area contributed by atoms with Gasteiger partial charge < -0.3 is 0 Å². The van der Waals surface area contributed by atoms with Gasteiger partial charge in [0.1, 0.15) is 6.04 Å². The fraction of sp³-hybridized carbons (Fsp3) is 0.833. The van der Waals surface area contributed by atoms with E-state index in [9.17, 15) is 13.2 Å². The molecule has 76 valence electrons. The number of rotatable bonds is 3. The molecule has 0 aliphatic carbocycles. The Morgan fingerprint density at radius 1 is 1.62 bits per heavy atom. The molecule has 1 aliphatic heterocycles. The van der Waals surface area contributed by atoms with Crippen LogP contribution in [-0.4, -0.2) is 30.5 Å². The van der Waals surface area contributed by atoms with Crippen molar-refractivity contribution in [1.82, 2.24) is 9.03 Å². The SMILES string of the molecule is CCCC1NS(=O)(=O)N(CS)C1=O. The maximum atomic E-state index is 11.4. The van der Waals surface area contributed by atoms with E-state index in [-0.39, 0.29) is 5.88 Å². The Kier molecular flexibility index (Phi) is 3.20. The third-order valence-electron chi connectivity index (χ3n) is 1.83. The lowest BCUT2D eigenvalue weighted by atomic mass is 10.2. The second-order valence-electron chi connectivity index (χ2n) is 2.79. The van der Waals surface area contributed by atoms with Gasteiger partial charge in [0.05, 0.1) is 5.88 Å². The van der Waals surface area contributed by atoms with Crippen molar-refractivity contribution in [3.8, 4) is 0 Å². The van der Waals surface area contributed by atoms with E-state index in [0.29, 0.717) is 6.42 Å². The van der Waals surface area contributed by atoms with Crippen molar-refractivity contribution in [2.45, 2.75) is 25.8 Å². The molecule has 13 heavy (non-hydrogen) atoms. The molecule has 1 unspecified atom stereocenters. The number of amides is 1. The minimum absolute atomic E-state index is 0.103. The average Bonchev–Trinajstić information content (AvgIpc) is 2.23. The van der Waals surface area contributed by atoms with Crippen molar-refractivity contribution in [1.29, 1.82) is 0 Å². The van der Waals surface area contributed by atoms with Crippen LogP contribution >= 0.6 is 12.6 Å². The van der Waals surface area contributed by atoms with E-state index < -0.39 is 22.2 Å². The molecule has 1 N–H and O–H groups in total. The van der Waals surface area contributed by atoms with Crippen LogP contribution in [0.4, 0.5) is 0 Å². The summed E-state index contributed by atoms with van der Waals surface area (Å²) in [5.41, 5.74) is 0. The number of carbonyl (C=O) groups excluding carboxylic acids is 1. The van der Waals surface area contributed by atoms with Crippen LogP contribution in [0.15, 0.2) is 0 Å². The number of hydrogen-bond acceptors (Lipinski definition) is 4. The molecular weight excluding hydrogens is 212 g/mol. The first-order chi connectivity index (χ1) is 6.03. The van der Waals surface area contributed by atoms with Crippen molar-refractivity contribution in [2.24, 2.45) is 0 Å². The van der Waals surface area contributed by atoms with E-state index in [1.165, 1.54) is 0 Å².